The first kappa shape index (κ1) is 14.8. The number of ether oxygens (including phenoxy) is 1. The topological polar surface area (TPSA) is 9.23 Å². The van der Waals surface area contributed by atoms with Crippen LogP contribution in [0.2, 0.25) is 0 Å². The number of benzene rings is 2. The molecule has 0 radical (unpaired) electrons. The second kappa shape index (κ2) is 6.76. The SMILES string of the molecule is COCCc1ccc(C(Br)C2CC2c2ccccc2)cc1. The minimum absolute atomic E-state index is 0.458. The lowest BCUT2D eigenvalue weighted by atomic mass is 10.0. The predicted octanol–water partition coefficient (Wildman–Crippen LogP) is 5.12. The zero-order chi connectivity index (χ0) is 14.7. The second-order valence-corrected chi connectivity index (χ2v) is 6.79. The van der Waals surface area contributed by atoms with E-state index in [1.165, 1.54) is 23.1 Å². The molecule has 1 saturated carbocycles. The van der Waals surface area contributed by atoms with E-state index >= 15 is 0 Å². The molecule has 110 valence electrons. The van der Waals surface area contributed by atoms with Gasteiger partial charge in [0.1, 0.15) is 0 Å². The Kier molecular flexibility index (Phi) is 4.77. The van der Waals surface area contributed by atoms with E-state index < -0.39 is 0 Å². The van der Waals surface area contributed by atoms with E-state index in [1.807, 2.05) is 0 Å². The normalized spacial score (nSPS) is 22.0. The van der Waals surface area contributed by atoms with Gasteiger partial charge in [0.15, 0.2) is 0 Å². The van der Waals surface area contributed by atoms with Crippen LogP contribution in [0.15, 0.2) is 54.6 Å². The fraction of sp³-hybridized carbons (Fsp3) is 0.368. The molecule has 0 spiro atoms. The van der Waals surface area contributed by atoms with Crippen molar-refractivity contribution in [1.82, 2.24) is 0 Å². The first-order chi connectivity index (χ1) is 10.3. The van der Waals surface area contributed by atoms with Crippen LogP contribution in [-0.4, -0.2) is 13.7 Å². The van der Waals surface area contributed by atoms with Crippen LogP contribution in [-0.2, 0) is 11.2 Å². The van der Waals surface area contributed by atoms with Gasteiger partial charge in [0.25, 0.3) is 0 Å². The highest BCUT2D eigenvalue weighted by molar-refractivity contribution is 9.09. The van der Waals surface area contributed by atoms with Gasteiger partial charge in [-0.2, -0.15) is 0 Å². The number of methoxy groups -OCH3 is 1. The first-order valence-electron chi connectivity index (χ1n) is 7.56. The van der Waals surface area contributed by atoms with Gasteiger partial charge in [-0.25, -0.2) is 0 Å². The highest BCUT2D eigenvalue weighted by Gasteiger charge is 2.43. The van der Waals surface area contributed by atoms with Crippen molar-refractivity contribution in [2.45, 2.75) is 23.6 Å². The van der Waals surface area contributed by atoms with Gasteiger partial charge >= 0.3 is 0 Å². The molecule has 0 aromatic heterocycles. The van der Waals surface area contributed by atoms with Gasteiger partial charge in [-0.1, -0.05) is 70.5 Å². The average molecular weight is 345 g/mol. The summed E-state index contributed by atoms with van der Waals surface area (Å²) < 4.78 is 5.13. The Morgan fingerprint density at radius 1 is 1.10 bits per heavy atom. The zero-order valence-corrected chi connectivity index (χ0v) is 13.9. The molecule has 1 nitrogen and oxygen atoms in total. The Morgan fingerprint density at radius 2 is 1.81 bits per heavy atom. The molecule has 3 rings (SSSR count). The number of alkyl halides is 1. The molecule has 2 heteroatoms. The van der Waals surface area contributed by atoms with Crippen LogP contribution in [0.4, 0.5) is 0 Å². The lowest BCUT2D eigenvalue weighted by Gasteiger charge is -2.11. The smallest absolute Gasteiger partial charge is 0.0502 e. The largest absolute Gasteiger partial charge is 0.384 e. The first-order valence-corrected chi connectivity index (χ1v) is 8.48. The minimum Gasteiger partial charge on any atom is -0.384 e. The van der Waals surface area contributed by atoms with Crippen molar-refractivity contribution < 1.29 is 4.74 Å². The summed E-state index contributed by atoms with van der Waals surface area (Å²) in [5, 5.41) is 0. The fourth-order valence-electron chi connectivity index (χ4n) is 2.96. The maximum absolute atomic E-state index is 5.13. The summed E-state index contributed by atoms with van der Waals surface area (Å²) in [6, 6.07) is 19.8. The predicted molar refractivity (Wildman–Crippen MR) is 91.0 cm³/mol. The van der Waals surface area contributed by atoms with Gasteiger partial charge < -0.3 is 4.74 Å². The fourth-order valence-corrected chi connectivity index (χ4v) is 3.85. The summed E-state index contributed by atoms with van der Waals surface area (Å²) in [6.45, 7) is 0.787. The molecule has 21 heavy (non-hydrogen) atoms. The van der Waals surface area contributed by atoms with Crippen molar-refractivity contribution in [2.24, 2.45) is 5.92 Å². The number of halogens is 1. The van der Waals surface area contributed by atoms with E-state index in [0.29, 0.717) is 10.7 Å². The Balaban J connectivity index is 1.63. The zero-order valence-electron chi connectivity index (χ0n) is 12.3. The molecule has 1 aliphatic carbocycles. The Hall–Kier alpha value is -1.12. The Bertz CT molecular complexity index is 564. The molecule has 0 saturated heterocycles. The van der Waals surface area contributed by atoms with Crippen LogP contribution in [0.1, 0.15) is 33.9 Å². The molecule has 2 aromatic rings. The monoisotopic (exact) mass is 344 g/mol. The minimum atomic E-state index is 0.458. The molecule has 0 bridgehead atoms. The maximum atomic E-state index is 5.13. The van der Waals surface area contributed by atoms with Crippen molar-refractivity contribution in [1.29, 1.82) is 0 Å². The average Bonchev–Trinajstić information content (AvgIpc) is 3.34. The van der Waals surface area contributed by atoms with Crippen molar-refractivity contribution in [3.63, 3.8) is 0 Å². The third kappa shape index (κ3) is 3.56. The second-order valence-electron chi connectivity index (χ2n) is 5.80. The lowest BCUT2D eigenvalue weighted by molar-refractivity contribution is 0.202. The standard InChI is InChI=1S/C19H21BrO/c1-21-12-11-14-7-9-16(10-8-14)19(20)18-13-17(18)15-5-3-2-4-6-15/h2-10,17-19H,11-13H2,1H3. The lowest BCUT2D eigenvalue weighted by Crippen LogP contribution is -1.97. The van der Waals surface area contributed by atoms with Crippen LogP contribution in [0.25, 0.3) is 0 Å². The van der Waals surface area contributed by atoms with Gasteiger partial charge in [-0.15, -0.1) is 0 Å². The summed E-state index contributed by atoms with van der Waals surface area (Å²) in [7, 11) is 1.75. The molecule has 1 aliphatic rings. The molecule has 2 aromatic carbocycles. The molecule has 3 unspecified atom stereocenters. The highest BCUT2D eigenvalue weighted by Crippen LogP contribution is 2.57. The third-order valence-electron chi connectivity index (χ3n) is 4.34. The van der Waals surface area contributed by atoms with Gasteiger partial charge in [0.05, 0.1) is 6.61 Å². The highest BCUT2D eigenvalue weighted by atomic mass is 79.9. The molecule has 0 N–H and O–H groups in total. The van der Waals surface area contributed by atoms with Gasteiger partial charge in [-0.3, -0.25) is 0 Å². The van der Waals surface area contributed by atoms with Crippen molar-refractivity contribution in [3.8, 4) is 0 Å². The van der Waals surface area contributed by atoms with Crippen LogP contribution in [0.5, 0.6) is 0 Å². The van der Waals surface area contributed by atoms with Gasteiger partial charge in [0, 0.05) is 11.9 Å². The number of hydrogen-bond donors (Lipinski definition) is 0. The molecule has 1 fully saturated rings. The van der Waals surface area contributed by atoms with E-state index in [1.54, 1.807) is 7.11 Å². The molecule has 0 aliphatic heterocycles. The number of hydrogen-bond acceptors (Lipinski definition) is 1. The van der Waals surface area contributed by atoms with E-state index in [0.717, 1.165) is 18.9 Å². The van der Waals surface area contributed by atoms with Gasteiger partial charge in [0.2, 0.25) is 0 Å². The van der Waals surface area contributed by atoms with Crippen molar-refractivity contribution >= 4 is 15.9 Å². The van der Waals surface area contributed by atoms with Crippen LogP contribution in [0.3, 0.4) is 0 Å². The van der Waals surface area contributed by atoms with E-state index in [4.69, 9.17) is 4.74 Å². The van der Waals surface area contributed by atoms with Gasteiger partial charge in [-0.05, 0) is 41.4 Å². The molecule has 0 heterocycles. The molecular weight excluding hydrogens is 324 g/mol. The molecule has 0 amide bonds. The quantitative estimate of drug-likeness (QED) is 0.661. The van der Waals surface area contributed by atoms with Crippen LogP contribution >= 0.6 is 15.9 Å². The Morgan fingerprint density at radius 3 is 2.48 bits per heavy atom. The third-order valence-corrected chi connectivity index (χ3v) is 5.54. The van der Waals surface area contributed by atoms with Crippen LogP contribution in [0, 0.1) is 5.92 Å². The molecule has 3 atom stereocenters. The number of rotatable bonds is 6. The Labute approximate surface area is 135 Å². The summed E-state index contributed by atoms with van der Waals surface area (Å²) in [5.74, 6) is 1.43. The summed E-state index contributed by atoms with van der Waals surface area (Å²) in [6.07, 6.45) is 2.27. The summed E-state index contributed by atoms with van der Waals surface area (Å²) >= 11 is 3.90. The maximum Gasteiger partial charge on any atom is 0.0502 e. The van der Waals surface area contributed by atoms with Crippen molar-refractivity contribution in [3.05, 3.63) is 71.3 Å². The molecular formula is C19H21BrO. The van der Waals surface area contributed by atoms with Crippen LogP contribution < -0.4 is 0 Å². The van der Waals surface area contributed by atoms with E-state index in [2.05, 4.69) is 70.5 Å². The van der Waals surface area contributed by atoms with E-state index in [-0.39, 0.29) is 0 Å². The van der Waals surface area contributed by atoms with Crippen molar-refractivity contribution in [2.75, 3.05) is 13.7 Å². The summed E-state index contributed by atoms with van der Waals surface area (Å²) in [4.78, 5) is 0.458. The summed E-state index contributed by atoms with van der Waals surface area (Å²) in [5.41, 5.74) is 4.21. The van der Waals surface area contributed by atoms with E-state index in [9.17, 15) is 0 Å².